The molecule has 5 rings (SSSR count). The van der Waals surface area contributed by atoms with Crippen molar-refractivity contribution in [3.8, 4) is 0 Å². The Morgan fingerprint density at radius 1 is 0.619 bits per heavy atom. The second-order valence-corrected chi connectivity index (χ2v) is 9.43. The minimum absolute atomic E-state index is 0.188. The Labute approximate surface area is 239 Å². The van der Waals surface area contributed by atoms with Crippen LogP contribution in [0.25, 0.3) is 21.8 Å². The van der Waals surface area contributed by atoms with Gasteiger partial charge in [-0.3, -0.25) is 24.2 Å². The lowest BCUT2D eigenvalue weighted by molar-refractivity contribution is 0.0942. The summed E-state index contributed by atoms with van der Waals surface area (Å²) in [5.41, 5.74) is 14.5. The fraction of sp³-hybridized carbons (Fsp3) is 0.138. The second kappa shape index (κ2) is 12.3. The Bertz CT molecular complexity index is 1680. The molecule has 2 aromatic carbocycles. The van der Waals surface area contributed by atoms with Crippen LogP contribution >= 0.6 is 0 Å². The number of carbonyl (C=O) groups is 4. The first-order valence-corrected chi connectivity index (χ1v) is 13.1. The summed E-state index contributed by atoms with van der Waals surface area (Å²) in [6, 6.07) is 15.2. The van der Waals surface area contributed by atoms with E-state index in [1.807, 2.05) is 0 Å². The van der Waals surface area contributed by atoms with Gasteiger partial charge in [0.05, 0.1) is 11.1 Å². The van der Waals surface area contributed by atoms with E-state index in [9.17, 15) is 19.2 Å². The van der Waals surface area contributed by atoms with Crippen LogP contribution in [0.15, 0.2) is 67.0 Å². The average Bonchev–Trinajstić information content (AvgIpc) is 3.62. The third-order valence-electron chi connectivity index (χ3n) is 6.37. The molecular weight excluding hydrogens is 538 g/mol. The fourth-order valence-corrected chi connectivity index (χ4v) is 4.32. The number of anilines is 2. The van der Waals surface area contributed by atoms with Crippen LogP contribution in [0.2, 0.25) is 0 Å². The van der Waals surface area contributed by atoms with Gasteiger partial charge in [0.25, 0.3) is 23.6 Å². The summed E-state index contributed by atoms with van der Waals surface area (Å²) < 4.78 is 0. The van der Waals surface area contributed by atoms with Crippen molar-refractivity contribution in [2.75, 3.05) is 36.8 Å². The molecule has 4 amide bonds. The van der Waals surface area contributed by atoms with Gasteiger partial charge in [-0.05, 0) is 54.6 Å². The highest BCUT2D eigenvalue weighted by Crippen LogP contribution is 2.22. The van der Waals surface area contributed by atoms with Crippen LogP contribution in [0, 0.1) is 0 Å². The van der Waals surface area contributed by atoms with Crippen LogP contribution in [-0.2, 0) is 0 Å². The molecule has 3 heterocycles. The van der Waals surface area contributed by atoms with Crippen molar-refractivity contribution in [3.63, 3.8) is 0 Å². The molecule has 0 aliphatic carbocycles. The van der Waals surface area contributed by atoms with Crippen molar-refractivity contribution in [1.82, 2.24) is 25.6 Å². The highest BCUT2D eigenvalue weighted by Gasteiger charge is 2.15. The smallest absolute Gasteiger partial charge is 0.267 e. The Morgan fingerprint density at radius 3 is 1.50 bits per heavy atom. The van der Waals surface area contributed by atoms with Crippen molar-refractivity contribution in [2.24, 2.45) is 11.5 Å². The Hall–Kier alpha value is -5.53. The molecule has 13 heteroatoms. The summed E-state index contributed by atoms with van der Waals surface area (Å²) in [6.45, 7) is 1.39. The quantitative estimate of drug-likeness (QED) is 0.125. The third kappa shape index (κ3) is 6.27. The number of fused-ring (bicyclic) bond motifs is 2. The van der Waals surface area contributed by atoms with Crippen molar-refractivity contribution < 1.29 is 19.2 Å². The molecule has 0 bridgehead atoms. The van der Waals surface area contributed by atoms with Gasteiger partial charge in [-0.1, -0.05) is 0 Å². The van der Waals surface area contributed by atoms with E-state index in [1.54, 1.807) is 48.5 Å². The molecular formula is C29H29N9O4. The molecule has 0 atom stereocenters. The summed E-state index contributed by atoms with van der Waals surface area (Å²) in [6.07, 6.45) is 2.73. The highest BCUT2D eigenvalue weighted by molar-refractivity contribution is 6.09. The van der Waals surface area contributed by atoms with Crippen LogP contribution in [0.1, 0.15) is 41.7 Å². The second-order valence-electron chi connectivity index (χ2n) is 9.43. The zero-order valence-corrected chi connectivity index (χ0v) is 22.4. The Balaban J connectivity index is 1.26. The van der Waals surface area contributed by atoms with Gasteiger partial charge >= 0.3 is 0 Å². The number of carbonyl (C=O) groups excluding carboxylic acids is 4. The molecule has 0 spiro atoms. The molecule has 0 saturated carbocycles. The minimum Gasteiger partial charge on any atom is -0.351 e. The van der Waals surface area contributed by atoms with Gasteiger partial charge in [-0.25, -0.2) is 0 Å². The number of aromatic nitrogens is 3. The summed E-state index contributed by atoms with van der Waals surface area (Å²) in [5.74, 6) is -1.46. The number of rotatable bonds is 10. The molecule has 5 aromatic rings. The van der Waals surface area contributed by atoms with Gasteiger partial charge in [0.2, 0.25) is 0 Å². The fourth-order valence-electron chi connectivity index (χ4n) is 4.32. The van der Waals surface area contributed by atoms with Gasteiger partial charge in [0.15, 0.2) is 0 Å². The molecule has 10 N–H and O–H groups in total. The molecule has 3 aromatic heterocycles. The summed E-state index contributed by atoms with van der Waals surface area (Å²) in [5, 5.41) is 12.5. The van der Waals surface area contributed by atoms with Gasteiger partial charge in [0, 0.05) is 71.8 Å². The molecule has 0 aliphatic rings. The van der Waals surface area contributed by atoms with E-state index >= 15 is 0 Å². The number of amides is 4. The lowest BCUT2D eigenvalue weighted by Crippen LogP contribution is -2.29. The Kier molecular flexibility index (Phi) is 8.22. The van der Waals surface area contributed by atoms with Crippen molar-refractivity contribution >= 4 is 56.8 Å². The Morgan fingerprint density at radius 2 is 1.07 bits per heavy atom. The van der Waals surface area contributed by atoms with E-state index in [2.05, 4.69) is 36.2 Å². The molecule has 42 heavy (non-hydrogen) atoms. The number of pyridine rings is 1. The van der Waals surface area contributed by atoms with Gasteiger partial charge < -0.3 is 42.7 Å². The molecule has 0 fully saturated rings. The first kappa shape index (κ1) is 28.0. The van der Waals surface area contributed by atoms with E-state index in [0.717, 1.165) is 21.8 Å². The summed E-state index contributed by atoms with van der Waals surface area (Å²) in [4.78, 5) is 60.5. The molecule has 13 nitrogen and oxygen atoms in total. The van der Waals surface area contributed by atoms with Crippen LogP contribution < -0.4 is 32.7 Å². The largest absolute Gasteiger partial charge is 0.351 e. The van der Waals surface area contributed by atoms with Crippen molar-refractivity contribution in [2.45, 2.75) is 0 Å². The van der Waals surface area contributed by atoms with Gasteiger partial charge in [-0.15, -0.1) is 0 Å². The summed E-state index contributed by atoms with van der Waals surface area (Å²) >= 11 is 0. The number of H-pyrrole nitrogens is 2. The van der Waals surface area contributed by atoms with E-state index in [0.29, 0.717) is 48.9 Å². The zero-order valence-electron chi connectivity index (χ0n) is 22.4. The van der Waals surface area contributed by atoms with E-state index in [-0.39, 0.29) is 22.9 Å². The van der Waals surface area contributed by atoms with Gasteiger partial charge in [-0.2, -0.15) is 0 Å². The van der Waals surface area contributed by atoms with Gasteiger partial charge in [0.1, 0.15) is 11.4 Å². The number of nitrogens with one attached hydrogen (secondary N) is 6. The lowest BCUT2D eigenvalue weighted by Gasteiger charge is -2.08. The van der Waals surface area contributed by atoms with E-state index in [1.165, 1.54) is 18.5 Å². The zero-order chi connectivity index (χ0) is 29.6. The number of hydrogen-bond donors (Lipinski definition) is 8. The first-order valence-electron chi connectivity index (χ1n) is 13.1. The third-order valence-corrected chi connectivity index (χ3v) is 6.37. The number of hydrogen-bond acceptors (Lipinski definition) is 7. The molecule has 0 radical (unpaired) electrons. The van der Waals surface area contributed by atoms with Crippen LogP contribution in [0.3, 0.4) is 0 Å². The standard InChI is InChI=1S/C29H29N9O4/c30-5-7-33-28(41)24-12-16-10-20(1-3-22(16)37-24)35-26(39)18-9-19(15-32-14-18)27(40)36-21-2-4-23-17(11-21)13-25(38-23)29(42)34-8-6-31/h1-4,9-15,37-38H,5-8,30-31H2,(H,33,41)(H,34,42)(H,35,39)(H,36,40). The van der Waals surface area contributed by atoms with Crippen LogP contribution in [0.4, 0.5) is 11.4 Å². The van der Waals surface area contributed by atoms with Crippen LogP contribution in [0.5, 0.6) is 0 Å². The molecule has 0 saturated heterocycles. The molecule has 214 valence electrons. The van der Waals surface area contributed by atoms with E-state index < -0.39 is 11.8 Å². The maximum absolute atomic E-state index is 13.0. The maximum Gasteiger partial charge on any atom is 0.267 e. The SMILES string of the molecule is NCCNC(=O)c1cc2cc(NC(=O)c3cncc(C(=O)Nc4ccc5[nH]c(C(=O)NCCN)cc5c4)c3)ccc2[nH]1. The van der Waals surface area contributed by atoms with Crippen molar-refractivity contribution in [1.29, 1.82) is 0 Å². The summed E-state index contributed by atoms with van der Waals surface area (Å²) in [7, 11) is 0. The number of aromatic amines is 2. The maximum atomic E-state index is 13.0. The number of nitrogens with zero attached hydrogens (tertiary/aromatic N) is 1. The molecule has 0 aliphatic heterocycles. The first-order chi connectivity index (χ1) is 20.3. The number of benzene rings is 2. The monoisotopic (exact) mass is 567 g/mol. The number of nitrogens with two attached hydrogens (primary N) is 2. The van der Waals surface area contributed by atoms with Crippen LogP contribution in [-0.4, -0.2) is 64.8 Å². The highest BCUT2D eigenvalue weighted by atomic mass is 16.2. The topological polar surface area (TPSA) is 213 Å². The normalized spacial score (nSPS) is 10.9. The predicted octanol–water partition coefficient (Wildman–Crippen LogP) is 1.93. The minimum atomic E-state index is -0.456. The van der Waals surface area contributed by atoms with E-state index in [4.69, 9.17) is 11.5 Å². The molecule has 0 unspecified atom stereocenters. The lowest BCUT2D eigenvalue weighted by atomic mass is 10.1. The predicted molar refractivity (Wildman–Crippen MR) is 160 cm³/mol. The van der Waals surface area contributed by atoms with Crippen molar-refractivity contribution in [3.05, 3.63) is 89.5 Å². The average molecular weight is 568 g/mol.